The van der Waals surface area contributed by atoms with E-state index >= 15 is 0 Å². The van der Waals surface area contributed by atoms with Gasteiger partial charge in [-0.15, -0.1) is 6.42 Å². The Morgan fingerprint density at radius 3 is 2.57 bits per heavy atom. The molecule has 1 aromatic carbocycles. The van der Waals surface area contributed by atoms with E-state index in [1.807, 2.05) is 0 Å². The van der Waals surface area contributed by atoms with Gasteiger partial charge >= 0.3 is 0 Å². The largest absolute Gasteiger partial charge is 0.256 e. The standard InChI is InChI=1S/C14H10F2N2O2S/c1-2-9-5-13(15)14(16)6-12(9)10-7-17-18(8-10)21(19,20)11-3-4-11/h1,5-8,11H,3-4H2. The van der Waals surface area contributed by atoms with Gasteiger partial charge in [0, 0.05) is 16.7 Å². The third-order valence-electron chi connectivity index (χ3n) is 3.29. The summed E-state index contributed by atoms with van der Waals surface area (Å²) >= 11 is 0. The number of aromatic nitrogens is 2. The summed E-state index contributed by atoms with van der Waals surface area (Å²) < 4.78 is 51.5. The quantitative estimate of drug-likeness (QED) is 0.816. The van der Waals surface area contributed by atoms with Crippen molar-refractivity contribution in [3.8, 4) is 23.5 Å². The lowest BCUT2D eigenvalue weighted by Crippen LogP contribution is -2.17. The van der Waals surface area contributed by atoms with Gasteiger partial charge in [-0.25, -0.2) is 17.2 Å². The minimum absolute atomic E-state index is 0.136. The van der Waals surface area contributed by atoms with Gasteiger partial charge in [-0.2, -0.15) is 9.19 Å². The van der Waals surface area contributed by atoms with Gasteiger partial charge in [0.15, 0.2) is 11.6 Å². The summed E-state index contributed by atoms with van der Waals surface area (Å²) in [7, 11) is -3.50. The molecule has 1 aromatic heterocycles. The van der Waals surface area contributed by atoms with Gasteiger partial charge < -0.3 is 0 Å². The fourth-order valence-electron chi connectivity index (χ4n) is 2.01. The highest BCUT2D eigenvalue weighted by Gasteiger charge is 2.37. The Kier molecular flexibility index (Phi) is 3.06. The Morgan fingerprint density at radius 2 is 1.95 bits per heavy atom. The van der Waals surface area contributed by atoms with Crippen LogP contribution in [-0.2, 0) is 10.0 Å². The van der Waals surface area contributed by atoms with E-state index in [4.69, 9.17) is 6.42 Å². The van der Waals surface area contributed by atoms with Crippen molar-refractivity contribution >= 4 is 10.0 Å². The molecular weight excluding hydrogens is 298 g/mol. The number of hydrogen-bond donors (Lipinski definition) is 0. The Labute approximate surface area is 120 Å². The first kappa shape index (κ1) is 13.8. The van der Waals surface area contributed by atoms with Crippen LogP contribution in [-0.4, -0.2) is 22.9 Å². The highest BCUT2D eigenvalue weighted by molar-refractivity contribution is 7.90. The predicted molar refractivity (Wildman–Crippen MR) is 72.9 cm³/mol. The van der Waals surface area contributed by atoms with Gasteiger partial charge in [0.2, 0.25) is 0 Å². The Hall–Kier alpha value is -2.20. The third kappa shape index (κ3) is 2.32. The normalized spacial score (nSPS) is 14.9. The summed E-state index contributed by atoms with van der Waals surface area (Å²) in [5.74, 6) is 0.147. The minimum atomic E-state index is -3.50. The van der Waals surface area contributed by atoms with Crippen LogP contribution in [0.25, 0.3) is 11.1 Å². The van der Waals surface area contributed by atoms with Crippen LogP contribution >= 0.6 is 0 Å². The maximum absolute atomic E-state index is 13.4. The molecule has 1 saturated carbocycles. The number of rotatable bonds is 3. The zero-order valence-corrected chi connectivity index (χ0v) is 11.6. The van der Waals surface area contributed by atoms with Crippen LogP contribution < -0.4 is 0 Å². The van der Waals surface area contributed by atoms with Crippen LogP contribution in [0, 0.1) is 24.0 Å². The number of nitrogens with zero attached hydrogens (tertiary/aromatic N) is 2. The Bertz CT molecular complexity index is 862. The number of halogens is 2. The molecule has 1 fully saturated rings. The molecule has 4 nitrogen and oxygen atoms in total. The highest BCUT2D eigenvalue weighted by atomic mass is 32.2. The molecule has 0 saturated heterocycles. The molecule has 7 heteroatoms. The van der Waals surface area contributed by atoms with Crippen molar-refractivity contribution in [2.75, 3.05) is 0 Å². The molecule has 21 heavy (non-hydrogen) atoms. The lowest BCUT2D eigenvalue weighted by Gasteiger charge is -2.04. The molecule has 2 aromatic rings. The lowest BCUT2D eigenvalue weighted by molar-refractivity contribution is 0.509. The summed E-state index contributed by atoms with van der Waals surface area (Å²) in [6.07, 6.45) is 9.03. The second-order valence-electron chi connectivity index (χ2n) is 4.80. The molecule has 0 spiro atoms. The van der Waals surface area contributed by atoms with Crippen molar-refractivity contribution in [3.63, 3.8) is 0 Å². The molecule has 0 N–H and O–H groups in total. The molecule has 108 valence electrons. The van der Waals surface area contributed by atoms with Crippen LogP contribution in [0.4, 0.5) is 8.78 Å². The molecule has 0 aliphatic heterocycles. The fraction of sp³-hybridized carbons (Fsp3) is 0.214. The van der Waals surface area contributed by atoms with Gasteiger partial charge in [0.25, 0.3) is 10.0 Å². The average Bonchev–Trinajstić information content (AvgIpc) is 3.19. The van der Waals surface area contributed by atoms with Gasteiger partial charge in [-0.3, -0.25) is 0 Å². The van der Waals surface area contributed by atoms with Crippen molar-refractivity contribution in [1.29, 1.82) is 0 Å². The molecule has 0 atom stereocenters. The summed E-state index contributed by atoms with van der Waals surface area (Å²) in [5.41, 5.74) is 0.692. The maximum atomic E-state index is 13.4. The average molecular weight is 308 g/mol. The van der Waals surface area contributed by atoms with Crippen LogP contribution in [0.5, 0.6) is 0 Å². The van der Waals surface area contributed by atoms with Crippen molar-refractivity contribution in [3.05, 3.63) is 41.7 Å². The SMILES string of the molecule is C#Cc1cc(F)c(F)cc1-c1cnn(S(=O)(=O)C2CC2)c1. The number of hydrogen-bond acceptors (Lipinski definition) is 3. The molecule has 0 radical (unpaired) electrons. The van der Waals surface area contributed by atoms with Gasteiger partial charge in [-0.05, 0) is 25.0 Å². The first-order valence-electron chi connectivity index (χ1n) is 6.18. The van der Waals surface area contributed by atoms with E-state index in [2.05, 4.69) is 11.0 Å². The maximum Gasteiger partial charge on any atom is 0.256 e. The molecule has 1 aliphatic carbocycles. The monoisotopic (exact) mass is 308 g/mol. The van der Waals surface area contributed by atoms with Gasteiger partial charge in [0.05, 0.1) is 17.6 Å². The van der Waals surface area contributed by atoms with Crippen molar-refractivity contribution in [1.82, 2.24) is 9.19 Å². The molecule has 0 unspecified atom stereocenters. The second kappa shape index (κ2) is 4.67. The summed E-state index contributed by atoms with van der Waals surface area (Å²) in [5, 5.41) is 3.38. The topological polar surface area (TPSA) is 52.0 Å². The third-order valence-corrected chi connectivity index (χ3v) is 5.33. The van der Waals surface area contributed by atoms with Crippen LogP contribution in [0.15, 0.2) is 24.5 Å². The zero-order chi connectivity index (χ0) is 15.2. The van der Waals surface area contributed by atoms with Crippen LogP contribution in [0.3, 0.4) is 0 Å². The van der Waals surface area contributed by atoms with E-state index in [-0.39, 0.29) is 11.1 Å². The first-order valence-corrected chi connectivity index (χ1v) is 7.69. The van der Waals surface area contributed by atoms with Crippen molar-refractivity contribution < 1.29 is 17.2 Å². The van der Waals surface area contributed by atoms with Crippen LogP contribution in [0.2, 0.25) is 0 Å². The summed E-state index contributed by atoms with van der Waals surface area (Å²) in [6.45, 7) is 0. The zero-order valence-electron chi connectivity index (χ0n) is 10.8. The van der Waals surface area contributed by atoms with Crippen molar-refractivity contribution in [2.24, 2.45) is 0 Å². The van der Waals surface area contributed by atoms with E-state index in [1.165, 1.54) is 12.4 Å². The molecule has 3 rings (SSSR count). The number of terminal acetylenes is 1. The lowest BCUT2D eigenvalue weighted by atomic mass is 10.0. The smallest absolute Gasteiger partial charge is 0.204 e. The Morgan fingerprint density at radius 1 is 1.29 bits per heavy atom. The van der Waals surface area contributed by atoms with Crippen LogP contribution in [0.1, 0.15) is 18.4 Å². The van der Waals surface area contributed by atoms with Crippen molar-refractivity contribution in [2.45, 2.75) is 18.1 Å². The summed E-state index contributed by atoms with van der Waals surface area (Å²) in [4.78, 5) is 0. The molecular formula is C14H10F2N2O2S. The molecule has 0 bridgehead atoms. The molecule has 1 heterocycles. The van der Waals surface area contributed by atoms with E-state index in [1.54, 1.807) is 0 Å². The second-order valence-corrected chi connectivity index (χ2v) is 6.87. The first-order chi connectivity index (χ1) is 9.93. The molecule has 1 aliphatic rings. The van der Waals surface area contributed by atoms with E-state index in [0.29, 0.717) is 18.4 Å². The minimum Gasteiger partial charge on any atom is -0.204 e. The van der Waals surface area contributed by atoms with E-state index < -0.39 is 26.9 Å². The van der Waals surface area contributed by atoms with E-state index in [9.17, 15) is 17.2 Å². The number of benzene rings is 1. The fourth-order valence-corrected chi connectivity index (χ4v) is 3.48. The predicted octanol–water partition coefficient (Wildman–Crippen LogP) is 2.15. The molecule has 0 amide bonds. The highest BCUT2D eigenvalue weighted by Crippen LogP contribution is 2.31. The van der Waals surface area contributed by atoms with Gasteiger partial charge in [-0.1, -0.05) is 5.92 Å². The summed E-state index contributed by atoms with van der Waals surface area (Å²) in [6, 6.07) is 1.84. The van der Waals surface area contributed by atoms with E-state index in [0.717, 1.165) is 16.2 Å². The Balaban J connectivity index is 2.09. The van der Waals surface area contributed by atoms with Gasteiger partial charge in [0.1, 0.15) is 0 Å².